The summed E-state index contributed by atoms with van der Waals surface area (Å²) in [5, 5.41) is 2.93. The number of amides is 1. The minimum atomic E-state index is -0.0657. The monoisotopic (exact) mass is 248 g/mol. The average Bonchev–Trinajstić information content (AvgIpc) is 2.92. The molecule has 1 aliphatic carbocycles. The van der Waals surface area contributed by atoms with E-state index in [-0.39, 0.29) is 5.91 Å². The van der Waals surface area contributed by atoms with Gasteiger partial charge in [0.2, 0.25) is 0 Å². The second kappa shape index (κ2) is 6.35. The van der Waals surface area contributed by atoms with E-state index in [0.717, 1.165) is 18.9 Å². The van der Waals surface area contributed by atoms with E-state index in [4.69, 9.17) is 5.84 Å². The Morgan fingerprint density at radius 2 is 2.17 bits per heavy atom. The van der Waals surface area contributed by atoms with Crippen molar-refractivity contribution in [3.05, 3.63) is 23.9 Å². The van der Waals surface area contributed by atoms with Crippen LogP contribution in [0.5, 0.6) is 0 Å². The van der Waals surface area contributed by atoms with Gasteiger partial charge in [-0.3, -0.25) is 4.79 Å². The fourth-order valence-corrected chi connectivity index (χ4v) is 2.40. The van der Waals surface area contributed by atoms with Crippen molar-refractivity contribution in [3.63, 3.8) is 0 Å². The van der Waals surface area contributed by atoms with E-state index in [1.165, 1.54) is 31.9 Å². The summed E-state index contributed by atoms with van der Waals surface area (Å²) in [6.45, 7) is 0.750. The van der Waals surface area contributed by atoms with Gasteiger partial charge in [-0.25, -0.2) is 10.8 Å². The molecule has 1 saturated carbocycles. The molecule has 98 valence electrons. The Balaban J connectivity index is 1.76. The van der Waals surface area contributed by atoms with Crippen LogP contribution in [-0.4, -0.2) is 17.4 Å². The SMILES string of the molecule is NNc1ccc(C(=O)NCCC2CCCC2)cn1. The first-order valence-electron chi connectivity index (χ1n) is 6.50. The van der Waals surface area contributed by atoms with Crippen molar-refractivity contribution in [2.45, 2.75) is 32.1 Å². The topological polar surface area (TPSA) is 80.0 Å². The van der Waals surface area contributed by atoms with E-state index in [1.54, 1.807) is 12.1 Å². The molecule has 1 amide bonds. The van der Waals surface area contributed by atoms with Crippen LogP contribution in [-0.2, 0) is 0 Å². The predicted molar refractivity (Wildman–Crippen MR) is 71.0 cm³/mol. The first-order chi connectivity index (χ1) is 8.79. The molecule has 0 aliphatic heterocycles. The van der Waals surface area contributed by atoms with E-state index in [1.807, 2.05) is 0 Å². The van der Waals surface area contributed by atoms with Crippen LogP contribution in [0.25, 0.3) is 0 Å². The number of hydrogen-bond donors (Lipinski definition) is 3. The lowest BCUT2D eigenvalue weighted by Gasteiger charge is -2.09. The Labute approximate surface area is 107 Å². The maximum atomic E-state index is 11.8. The van der Waals surface area contributed by atoms with Gasteiger partial charge in [0.1, 0.15) is 5.82 Å². The number of nitrogens with two attached hydrogens (primary N) is 1. The van der Waals surface area contributed by atoms with Gasteiger partial charge in [-0.1, -0.05) is 25.7 Å². The molecule has 0 bridgehead atoms. The van der Waals surface area contributed by atoms with Crippen LogP contribution in [0.4, 0.5) is 5.82 Å². The Morgan fingerprint density at radius 1 is 1.39 bits per heavy atom. The molecule has 0 spiro atoms. The van der Waals surface area contributed by atoms with Crippen molar-refractivity contribution >= 4 is 11.7 Å². The van der Waals surface area contributed by atoms with Crippen LogP contribution in [0.15, 0.2) is 18.3 Å². The zero-order chi connectivity index (χ0) is 12.8. The van der Waals surface area contributed by atoms with Crippen LogP contribution >= 0.6 is 0 Å². The lowest BCUT2D eigenvalue weighted by molar-refractivity contribution is 0.0951. The van der Waals surface area contributed by atoms with Crippen LogP contribution in [0.3, 0.4) is 0 Å². The molecule has 0 radical (unpaired) electrons. The van der Waals surface area contributed by atoms with Crippen molar-refractivity contribution in [1.29, 1.82) is 0 Å². The van der Waals surface area contributed by atoms with E-state index in [0.29, 0.717) is 11.4 Å². The average molecular weight is 248 g/mol. The zero-order valence-corrected chi connectivity index (χ0v) is 10.5. The Morgan fingerprint density at radius 3 is 2.78 bits per heavy atom. The smallest absolute Gasteiger partial charge is 0.252 e. The van der Waals surface area contributed by atoms with Gasteiger partial charge in [0.25, 0.3) is 5.91 Å². The number of nitrogen functional groups attached to an aromatic ring is 1. The normalized spacial score (nSPS) is 15.6. The summed E-state index contributed by atoms with van der Waals surface area (Å²) in [5.74, 6) is 6.50. The molecule has 5 nitrogen and oxygen atoms in total. The summed E-state index contributed by atoms with van der Waals surface area (Å²) in [4.78, 5) is 15.8. The number of hydrazine groups is 1. The van der Waals surface area contributed by atoms with Gasteiger partial charge in [-0.2, -0.15) is 0 Å². The van der Waals surface area contributed by atoms with Gasteiger partial charge >= 0.3 is 0 Å². The number of carbonyl (C=O) groups excluding carboxylic acids is 1. The minimum Gasteiger partial charge on any atom is -0.352 e. The first kappa shape index (κ1) is 12.8. The van der Waals surface area contributed by atoms with Crippen LogP contribution in [0.2, 0.25) is 0 Å². The number of pyridine rings is 1. The molecule has 1 fully saturated rings. The summed E-state index contributed by atoms with van der Waals surface area (Å²) in [6.07, 6.45) is 7.93. The van der Waals surface area contributed by atoms with Crippen molar-refractivity contribution in [2.24, 2.45) is 11.8 Å². The van der Waals surface area contributed by atoms with Crippen molar-refractivity contribution in [1.82, 2.24) is 10.3 Å². The molecule has 5 heteroatoms. The molecule has 0 atom stereocenters. The van der Waals surface area contributed by atoms with E-state index >= 15 is 0 Å². The van der Waals surface area contributed by atoms with Crippen molar-refractivity contribution < 1.29 is 4.79 Å². The molecule has 0 saturated heterocycles. The highest BCUT2D eigenvalue weighted by atomic mass is 16.1. The second-order valence-corrected chi connectivity index (χ2v) is 4.77. The van der Waals surface area contributed by atoms with Crippen LogP contribution in [0.1, 0.15) is 42.5 Å². The number of carbonyl (C=O) groups is 1. The fourth-order valence-electron chi connectivity index (χ4n) is 2.40. The van der Waals surface area contributed by atoms with Gasteiger partial charge in [0.05, 0.1) is 5.56 Å². The predicted octanol–water partition coefficient (Wildman–Crippen LogP) is 1.68. The first-order valence-corrected chi connectivity index (χ1v) is 6.50. The second-order valence-electron chi connectivity index (χ2n) is 4.77. The molecule has 1 aliphatic rings. The third-order valence-electron chi connectivity index (χ3n) is 3.49. The van der Waals surface area contributed by atoms with Crippen LogP contribution < -0.4 is 16.6 Å². The number of rotatable bonds is 5. The molecule has 1 aromatic rings. The summed E-state index contributed by atoms with van der Waals surface area (Å²) >= 11 is 0. The Bertz CT molecular complexity index is 384. The lowest BCUT2D eigenvalue weighted by atomic mass is 10.0. The van der Waals surface area contributed by atoms with Crippen molar-refractivity contribution in [2.75, 3.05) is 12.0 Å². The maximum Gasteiger partial charge on any atom is 0.252 e. The van der Waals surface area contributed by atoms with E-state index in [9.17, 15) is 4.79 Å². The molecule has 4 N–H and O–H groups in total. The quantitative estimate of drug-likeness (QED) is 0.547. The summed E-state index contributed by atoms with van der Waals surface area (Å²) in [5.41, 5.74) is 3.00. The highest BCUT2D eigenvalue weighted by molar-refractivity contribution is 5.93. The number of nitrogens with one attached hydrogen (secondary N) is 2. The van der Waals surface area contributed by atoms with Gasteiger partial charge < -0.3 is 10.7 Å². The summed E-state index contributed by atoms with van der Waals surface area (Å²) in [7, 11) is 0. The number of nitrogens with zero attached hydrogens (tertiary/aromatic N) is 1. The molecule has 0 aromatic carbocycles. The maximum absolute atomic E-state index is 11.8. The highest BCUT2D eigenvalue weighted by Crippen LogP contribution is 2.26. The summed E-state index contributed by atoms with van der Waals surface area (Å²) in [6, 6.07) is 3.40. The molecule has 1 heterocycles. The number of hydrogen-bond acceptors (Lipinski definition) is 4. The largest absolute Gasteiger partial charge is 0.352 e. The van der Waals surface area contributed by atoms with Gasteiger partial charge in [0.15, 0.2) is 0 Å². The fraction of sp³-hybridized carbons (Fsp3) is 0.538. The Hall–Kier alpha value is -1.62. The van der Waals surface area contributed by atoms with Crippen LogP contribution in [0, 0.1) is 5.92 Å². The molecular weight excluding hydrogens is 228 g/mol. The highest BCUT2D eigenvalue weighted by Gasteiger charge is 2.15. The number of aromatic nitrogens is 1. The molecule has 1 aromatic heterocycles. The molecular formula is C13H20N4O. The van der Waals surface area contributed by atoms with E-state index in [2.05, 4.69) is 15.7 Å². The van der Waals surface area contributed by atoms with E-state index < -0.39 is 0 Å². The summed E-state index contributed by atoms with van der Waals surface area (Å²) < 4.78 is 0. The van der Waals surface area contributed by atoms with Crippen molar-refractivity contribution in [3.8, 4) is 0 Å². The third kappa shape index (κ3) is 3.43. The Kier molecular flexibility index (Phi) is 4.52. The minimum absolute atomic E-state index is 0.0657. The molecule has 0 unspecified atom stereocenters. The zero-order valence-electron chi connectivity index (χ0n) is 10.5. The third-order valence-corrected chi connectivity index (χ3v) is 3.49. The lowest BCUT2D eigenvalue weighted by Crippen LogP contribution is -2.25. The van der Waals surface area contributed by atoms with Gasteiger partial charge in [-0.05, 0) is 24.5 Å². The molecule has 18 heavy (non-hydrogen) atoms. The number of anilines is 1. The van der Waals surface area contributed by atoms with Gasteiger partial charge in [-0.15, -0.1) is 0 Å². The standard InChI is InChI=1S/C13H20N4O/c14-17-12-6-5-11(9-16-12)13(18)15-8-7-10-3-1-2-4-10/h5-6,9-10H,1-4,7-8,14H2,(H,15,18)(H,16,17). The van der Waals surface area contributed by atoms with Gasteiger partial charge in [0, 0.05) is 12.7 Å². The molecule has 2 rings (SSSR count).